The predicted molar refractivity (Wildman–Crippen MR) is 76.5 cm³/mol. The average Bonchev–Trinajstić information content (AvgIpc) is 2.41. The SMILES string of the molecule is CCC1CCC(CN)C(OC2CCCCC2C)C1. The summed E-state index contributed by atoms with van der Waals surface area (Å²) in [4.78, 5) is 0. The molecule has 0 amide bonds. The lowest BCUT2D eigenvalue weighted by Crippen LogP contribution is -2.40. The Bertz CT molecular complexity index is 243. The number of hydrogen-bond acceptors (Lipinski definition) is 2. The van der Waals surface area contributed by atoms with Gasteiger partial charge in [-0.15, -0.1) is 0 Å². The maximum Gasteiger partial charge on any atom is 0.0621 e. The van der Waals surface area contributed by atoms with Gasteiger partial charge in [-0.1, -0.05) is 33.1 Å². The molecule has 0 aliphatic heterocycles. The first-order valence-electron chi connectivity index (χ1n) is 8.10. The maximum atomic E-state index is 6.50. The highest BCUT2D eigenvalue weighted by molar-refractivity contribution is 4.83. The molecule has 0 spiro atoms. The summed E-state index contributed by atoms with van der Waals surface area (Å²) in [6, 6.07) is 0. The van der Waals surface area contributed by atoms with E-state index in [9.17, 15) is 0 Å². The second-order valence-corrected chi connectivity index (χ2v) is 6.56. The molecular weight excluding hydrogens is 222 g/mol. The summed E-state index contributed by atoms with van der Waals surface area (Å²) >= 11 is 0. The van der Waals surface area contributed by atoms with Gasteiger partial charge in [-0.2, -0.15) is 0 Å². The van der Waals surface area contributed by atoms with Gasteiger partial charge in [0.2, 0.25) is 0 Å². The van der Waals surface area contributed by atoms with Crippen LogP contribution in [0.2, 0.25) is 0 Å². The molecule has 0 aromatic heterocycles. The third-order valence-electron chi connectivity index (χ3n) is 5.30. The van der Waals surface area contributed by atoms with Crippen LogP contribution in [-0.2, 0) is 4.74 Å². The summed E-state index contributed by atoms with van der Waals surface area (Å²) < 4.78 is 6.50. The van der Waals surface area contributed by atoms with E-state index in [-0.39, 0.29) is 0 Å². The van der Waals surface area contributed by atoms with Crippen molar-refractivity contribution in [2.24, 2.45) is 23.5 Å². The number of rotatable bonds is 4. The van der Waals surface area contributed by atoms with Crippen molar-refractivity contribution in [2.75, 3.05) is 6.54 Å². The Labute approximate surface area is 113 Å². The van der Waals surface area contributed by atoms with Crippen molar-refractivity contribution in [3.63, 3.8) is 0 Å². The predicted octanol–water partition coefficient (Wildman–Crippen LogP) is 3.74. The van der Waals surface area contributed by atoms with E-state index >= 15 is 0 Å². The number of hydrogen-bond donors (Lipinski definition) is 1. The summed E-state index contributed by atoms with van der Waals surface area (Å²) in [5, 5.41) is 0. The van der Waals surface area contributed by atoms with E-state index in [0.717, 1.165) is 18.4 Å². The van der Waals surface area contributed by atoms with Gasteiger partial charge in [0, 0.05) is 0 Å². The standard InChI is InChI=1S/C16H31NO/c1-3-13-8-9-14(11-17)16(10-13)18-15-7-5-4-6-12(15)2/h12-16H,3-11,17H2,1-2H3. The maximum absolute atomic E-state index is 6.50. The van der Waals surface area contributed by atoms with E-state index in [2.05, 4.69) is 13.8 Å². The minimum absolute atomic E-state index is 0.444. The highest BCUT2D eigenvalue weighted by atomic mass is 16.5. The van der Waals surface area contributed by atoms with E-state index in [1.165, 1.54) is 51.4 Å². The fourth-order valence-corrected chi connectivity index (χ4v) is 3.79. The fraction of sp³-hybridized carbons (Fsp3) is 1.00. The van der Waals surface area contributed by atoms with Gasteiger partial charge < -0.3 is 10.5 Å². The van der Waals surface area contributed by atoms with Crippen LogP contribution in [-0.4, -0.2) is 18.8 Å². The molecule has 0 aromatic rings. The Morgan fingerprint density at radius 3 is 2.50 bits per heavy atom. The van der Waals surface area contributed by atoms with Gasteiger partial charge in [0.1, 0.15) is 0 Å². The van der Waals surface area contributed by atoms with Crippen molar-refractivity contribution in [3.8, 4) is 0 Å². The van der Waals surface area contributed by atoms with Gasteiger partial charge in [0.05, 0.1) is 12.2 Å². The van der Waals surface area contributed by atoms with Crippen LogP contribution in [0.5, 0.6) is 0 Å². The highest BCUT2D eigenvalue weighted by Crippen LogP contribution is 2.36. The number of ether oxygens (including phenoxy) is 1. The van der Waals surface area contributed by atoms with Crippen LogP contribution < -0.4 is 5.73 Å². The van der Waals surface area contributed by atoms with Crippen LogP contribution in [0.4, 0.5) is 0 Å². The third-order valence-corrected chi connectivity index (χ3v) is 5.30. The first kappa shape index (κ1) is 14.3. The van der Waals surface area contributed by atoms with E-state index in [0.29, 0.717) is 18.1 Å². The van der Waals surface area contributed by atoms with E-state index in [1.54, 1.807) is 0 Å². The molecule has 2 saturated carbocycles. The molecule has 2 nitrogen and oxygen atoms in total. The van der Waals surface area contributed by atoms with E-state index < -0.39 is 0 Å². The Balaban J connectivity index is 1.91. The monoisotopic (exact) mass is 253 g/mol. The fourth-order valence-electron chi connectivity index (χ4n) is 3.79. The first-order chi connectivity index (χ1) is 8.74. The molecule has 5 unspecified atom stereocenters. The molecule has 0 heterocycles. The second kappa shape index (κ2) is 6.91. The molecule has 2 aliphatic rings. The van der Waals surface area contributed by atoms with Crippen molar-refractivity contribution >= 4 is 0 Å². The minimum atomic E-state index is 0.444. The lowest BCUT2D eigenvalue weighted by atomic mass is 9.78. The largest absolute Gasteiger partial charge is 0.374 e. The first-order valence-corrected chi connectivity index (χ1v) is 8.10. The molecule has 2 N–H and O–H groups in total. The lowest BCUT2D eigenvalue weighted by molar-refractivity contribution is -0.0987. The molecule has 2 fully saturated rings. The van der Waals surface area contributed by atoms with E-state index in [1.807, 2.05) is 0 Å². The topological polar surface area (TPSA) is 35.2 Å². The molecule has 106 valence electrons. The van der Waals surface area contributed by atoms with Gasteiger partial charge in [-0.3, -0.25) is 0 Å². The molecule has 2 heteroatoms. The molecule has 0 radical (unpaired) electrons. The molecule has 5 atom stereocenters. The third kappa shape index (κ3) is 3.48. The number of nitrogens with two attached hydrogens (primary N) is 1. The summed E-state index contributed by atoms with van der Waals surface area (Å²) in [7, 11) is 0. The van der Waals surface area contributed by atoms with Crippen molar-refractivity contribution in [1.29, 1.82) is 0 Å². The smallest absolute Gasteiger partial charge is 0.0621 e. The Morgan fingerprint density at radius 2 is 1.83 bits per heavy atom. The van der Waals surface area contributed by atoms with Gasteiger partial charge in [0.25, 0.3) is 0 Å². The average molecular weight is 253 g/mol. The molecular formula is C16H31NO. The molecule has 0 saturated heterocycles. The molecule has 18 heavy (non-hydrogen) atoms. The Hall–Kier alpha value is -0.0800. The molecule has 2 aliphatic carbocycles. The van der Waals surface area contributed by atoms with Crippen LogP contribution in [0.3, 0.4) is 0 Å². The minimum Gasteiger partial charge on any atom is -0.374 e. The van der Waals surface area contributed by atoms with E-state index in [4.69, 9.17) is 10.5 Å². The summed E-state index contributed by atoms with van der Waals surface area (Å²) in [5.74, 6) is 2.23. The Morgan fingerprint density at radius 1 is 1.06 bits per heavy atom. The Kier molecular flexibility index (Phi) is 5.50. The summed E-state index contributed by atoms with van der Waals surface area (Å²) in [6.45, 7) is 5.48. The highest BCUT2D eigenvalue weighted by Gasteiger charge is 2.33. The quantitative estimate of drug-likeness (QED) is 0.828. The van der Waals surface area contributed by atoms with Crippen LogP contribution in [0.25, 0.3) is 0 Å². The van der Waals surface area contributed by atoms with Crippen molar-refractivity contribution < 1.29 is 4.74 Å². The lowest BCUT2D eigenvalue weighted by Gasteiger charge is -2.40. The van der Waals surface area contributed by atoms with Crippen molar-refractivity contribution in [2.45, 2.75) is 77.4 Å². The second-order valence-electron chi connectivity index (χ2n) is 6.56. The van der Waals surface area contributed by atoms with Gasteiger partial charge >= 0.3 is 0 Å². The van der Waals surface area contributed by atoms with Crippen LogP contribution >= 0.6 is 0 Å². The zero-order valence-corrected chi connectivity index (χ0v) is 12.2. The van der Waals surface area contributed by atoms with Crippen LogP contribution in [0.15, 0.2) is 0 Å². The summed E-state index contributed by atoms with van der Waals surface area (Å²) in [5.41, 5.74) is 5.94. The zero-order chi connectivity index (χ0) is 13.0. The van der Waals surface area contributed by atoms with Crippen LogP contribution in [0, 0.1) is 17.8 Å². The molecule has 0 bridgehead atoms. The van der Waals surface area contributed by atoms with Gasteiger partial charge in [-0.25, -0.2) is 0 Å². The molecule has 2 rings (SSSR count). The van der Waals surface area contributed by atoms with Crippen molar-refractivity contribution in [1.82, 2.24) is 0 Å². The zero-order valence-electron chi connectivity index (χ0n) is 12.2. The molecule has 0 aromatic carbocycles. The van der Waals surface area contributed by atoms with Crippen molar-refractivity contribution in [3.05, 3.63) is 0 Å². The normalized spacial score (nSPS) is 41.8. The van der Waals surface area contributed by atoms with Gasteiger partial charge in [-0.05, 0) is 56.4 Å². The van der Waals surface area contributed by atoms with Gasteiger partial charge in [0.15, 0.2) is 0 Å². The summed E-state index contributed by atoms with van der Waals surface area (Å²) in [6.07, 6.45) is 11.5. The van der Waals surface area contributed by atoms with Crippen LogP contribution in [0.1, 0.15) is 65.2 Å².